The molecule has 1 amide bonds. The van der Waals surface area contributed by atoms with E-state index < -0.39 is 11.9 Å². The van der Waals surface area contributed by atoms with Crippen LogP contribution >= 0.6 is 0 Å². The molecule has 0 bridgehead atoms. The van der Waals surface area contributed by atoms with Crippen LogP contribution in [0.5, 0.6) is 0 Å². The lowest BCUT2D eigenvalue weighted by Gasteiger charge is -2.10. The average molecular weight is 250 g/mol. The Balaban J connectivity index is 2.88. The first-order chi connectivity index (χ1) is 8.58. The van der Waals surface area contributed by atoms with E-state index in [-0.39, 0.29) is 18.0 Å². The number of nitrogens with one attached hydrogen (secondary N) is 1. The molecule has 0 aromatic heterocycles. The number of hydrogen-bond acceptors (Lipinski definition) is 3. The van der Waals surface area contributed by atoms with Crippen LogP contribution in [-0.2, 0) is 9.53 Å². The first-order valence-electron chi connectivity index (χ1n) is 5.40. The Morgan fingerprint density at radius 3 is 2.94 bits per heavy atom. The van der Waals surface area contributed by atoms with Gasteiger partial charge in [-0.25, -0.2) is 4.39 Å². The quantitative estimate of drug-likeness (QED) is 0.790. The SMILES string of the molecule is COC(C)C(=O)Nc1ccc(F)c(C#CCN)c1. The molecular formula is C13H15FN2O2. The zero-order valence-corrected chi connectivity index (χ0v) is 10.3. The van der Waals surface area contributed by atoms with Crippen LogP contribution in [-0.4, -0.2) is 25.7 Å². The van der Waals surface area contributed by atoms with E-state index in [9.17, 15) is 9.18 Å². The van der Waals surface area contributed by atoms with E-state index in [1.165, 1.54) is 25.3 Å². The number of benzene rings is 1. The zero-order valence-electron chi connectivity index (χ0n) is 10.3. The van der Waals surface area contributed by atoms with Crippen molar-refractivity contribution in [3.05, 3.63) is 29.6 Å². The summed E-state index contributed by atoms with van der Waals surface area (Å²) in [6.45, 7) is 1.77. The Labute approximate surface area is 105 Å². The first kappa shape index (κ1) is 14.2. The Kier molecular flexibility index (Phi) is 5.31. The second kappa shape index (κ2) is 6.74. The zero-order chi connectivity index (χ0) is 13.5. The maximum Gasteiger partial charge on any atom is 0.253 e. The highest BCUT2D eigenvalue weighted by Crippen LogP contribution is 2.14. The van der Waals surface area contributed by atoms with Crippen molar-refractivity contribution >= 4 is 11.6 Å². The minimum Gasteiger partial charge on any atom is -0.372 e. The van der Waals surface area contributed by atoms with E-state index in [4.69, 9.17) is 10.5 Å². The molecule has 0 heterocycles. The van der Waals surface area contributed by atoms with Crippen molar-refractivity contribution in [1.82, 2.24) is 0 Å². The standard InChI is InChI=1S/C13H15FN2O2/c1-9(18-2)13(17)16-11-5-6-12(14)10(8-11)4-3-7-15/h5-6,8-9H,7,15H2,1-2H3,(H,16,17). The topological polar surface area (TPSA) is 64.3 Å². The van der Waals surface area contributed by atoms with Gasteiger partial charge in [-0.3, -0.25) is 4.79 Å². The van der Waals surface area contributed by atoms with Crippen molar-refractivity contribution in [2.75, 3.05) is 19.0 Å². The van der Waals surface area contributed by atoms with E-state index in [1.54, 1.807) is 6.92 Å². The molecule has 1 aromatic carbocycles. The van der Waals surface area contributed by atoms with Crippen molar-refractivity contribution < 1.29 is 13.9 Å². The second-order valence-corrected chi connectivity index (χ2v) is 3.57. The van der Waals surface area contributed by atoms with Crippen LogP contribution in [0.4, 0.5) is 10.1 Å². The molecule has 1 atom stereocenters. The number of nitrogens with two attached hydrogens (primary N) is 1. The summed E-state index contributed by atoms with van der Waals surface area (Å²) in [4.78, 5) is 11.6. The Hall–Kier alpha value is -1.90. The summed E-state index contributed by atoms with van der Waals surface area (Å²) < 4.78 is 18.2. The van der Waals surface area contributed by atoms with Crippen LogP contribution in [0.1, 0.15) is 12.5 Å². The minimum atomic E-state index is -0.575. The molecule has 1 unspecified atom stereocenters. The number of amides is 1. The first-order valence-corrected chi connectivity index (χ1v) is 5.40. The Morgan fingerprint density at radius 2 is 2.33 bits per heavy atom. The van der Waals surface area contributed by atoms with Crippen LogP contribution in [0.3, 0.4) is 0 Å². The van der Waals surface area contributed by atoms with Crippen molar-refractivity contribution in [3.8, 4) is 11.8 Å². The largest absolute Gasteiger partial charge is 0.372 e. The number of halogens is 1. The van der Waals surface area contributed by atoms with Gasteiger partial charge in [0.1, 0.15) is 11.9 Å². The molecule has 0 aliphatic carbocycles. The number of rotatable bonds is 3. The molecular weight excluding hydrogens is 235 g/mol. The van der Waals surface area contributed by atoms with Crippen LogP contribution in [0, 0.1) is 17.7 Å². The van der Waals surface area contributed by atoms with Gasteiger partial charge in [0.15, 0.2) is 0 Å². The highest BCUT2D eigenvalue weighted by Gasteiger charge is 2.12. The lowest BCUT2D eigenvalue weighted by molar-refractivity contribution is -0.124. The number of ether oxygens (including phenoxy) is 1. The normalized spacial score (nSPS) is 11.3. The summed E-state index contributed by atoms with van der Waals surface area (Å²) in [5, 5.41) is 2.61. The number of carbonyl (C=O) groups is 1. The molecule has 18 heavy (non-hydrogen) atoms. The van der Waals surface area contributed by atoms with Crippen LogP contribution in [0.15, 0.2) is 18.2 Å². The fourth-order valence-electron chi connectivity index (χ4n) is 1.20. The molecule has 0 fully saturated rings. The molecule has 0 saturated carbocycles. The molecule has 0 spiro atoms. The highest BCUT2D eigenvalue weighted by molar-refractivity contribution is 5.94. The van der Waals surface area contributed by atoms with E-state index in [1.807, 2.05) is 0 Å². The van der Waals surface area contributed by atoms with Crippen molar-refractivity contribution in [2.45, 2.75) is 13.0 Å². The fourth-order valence-corrected chi connectivity index (χ4v) is 1.20. The van der Waals surface area contributed by atoms with Crippen LogP contribution in [0.2, 0.25) is 0 Å². The monoisotopic (exact) mass is 250 g/mol. The van der Waals surface area contributed by atoms with Crippen LogP contribution in [0.25, 0.3) is 0 Å². The third-order valence-electron chi connectivity index (χ3n) is 2.28. The summed E-state index contributed by atoms with van der Waals surface area (Å²) in [6.07, 6.45) is -0.575. The third kappa shape index (κ3) is 3.84. The molecule has 4 nitrogen and oxygen atoms in total. The summed E-state index contributed by atoms with van der Waals surface area (Å²) in [5.74, 6) is 4.40. The van der Waals surface area contributed by atoms with Gasteiger partial charge in [-0.1, -0.05) is 11.8 Å². The maximum absolute atomic E-state index is 13.4. The van der Waals surface area contributed by atoms with Crippen molar-refractivity contribution in [1.29, 1.82) is 0 Å². The summed E-state index contributed by atoms with van der Waals surface area (Å²) in [6, 6.07) is 4.16. The summed E-state index contributed by atoms with van der Waals surface area (Å²) >= 11 is 0. The van der Waals surface area contributed by atoms with E-state index in [0.717, 1.165) is 0 Å². The predicted octanol–water partition coefficient (Wildman–Crippen LogP) is 1.11. The third-order valence-corrected chi connectivity index (χ3v) is 2.28. The number of anilines is 1. The lowest BCUT2D eigenvalue weighted by Crippen LogP contribution is -2.26. The molecule has 0 radical (unpaired) electrons. The summed E-state index contributed by atoms with van der Waals surface area (Å²) in [7, 11) is 1.44. The smallest absolute Gasteiger partial charge is 0.253 e. The molecule has 1 aromatic rings. The highest BCUT2D eigenvalue weighted by atomic mass is 19.1. The lowest BCUT2D eigenvalue weighted by atomic mass is 10.2. The average Bonchev–Trinajstić information content (AvgIpc) is 2.38. The fraction of sp³-hybridized carbons (Fsp3) is 0.308. The van der Waals surface area contributed by atoms with Gasteiger partial charge in [0, 0.05) is 12.8 Å². The number of carbonyl (C=O) groups excluding carboxylic acids is 1. The van der Waals surface area contributed by atoms with Gasteiger partial charge in [-0.2, -0.15) is 0 Å². The van der Waals surface area contributed by atoms with E-state index in [2.05, 4.69) is 17.2 Å². The number of hydrogen-bond donors (Lipinski definition) is 2. The van der Waals surface area contributed by atoms with Gasteiger partial charge in [0.05, 0.1) is 12.1 Å². The Morgan fingerprint density at radius 1 is 1.61 bits per heavy atom. The maximum atomic E-state index is 13.4. The molecule has 96 valence electrons. The van der Waals surface area contributed by atoms with Gasteiger partial charge < -0.3 is 15.8 Å². The van der Waals surface area contributed by atoms with Gasteiger partial charge >= 0.3 is 0 Å². The van der Waals surface area contributed by atoms with E-state index in [0.29, 0.717) is 5.69 Å². The van der Waals surface area contributed by atoms with Gasteiger partial charge in [0.2, 0.25) is 0 Å². The minimum absolute atomic E-state index is 0.150. The summed E-state index contributed by atoms with van der Waals surface area (Å²) in [5.41, 5.74) is 5.88. The van der Waals surface area contributed by atoms with E-state index >= 15 is 0 Å². The van der Waals surface area contributed by atoms with Gasteiger partial charge in [-0.05, 0) is 25.1 Å². The van der Waals surface area contributed by atoms with Crippen molar-refractivity contribution in [3.63, 3.8) is 0 Å². The molecule has 0 aliphatic heterocycles. The number of methoxy groups -OCH3 is 1. The van der Waals surface area contributed by atoms with Crippen molar-refractivity contribution in [2.24, 2.45) is 5.73 Å². The molecule has 3 N–H and O–H groups in total. The van der Waals surface area contributed by atoms with Crippen LogP contribution < -0.4 is 11.1 Å². The molecule has 0 aliphatic rings. The molecule has 5 heteroatoms. The second-order valence-electron chi connectivity index (χ2n) is 3.57. The van der Waals surface area contributed by atoms with Gasteiger partial charge in [-0.15, -0.1) is 0 Å². The predicted molar refractivity (Wildman–Crippen MR) is 67.4 cm³/mol. The Bertz CT molecular complexity index is 491. The van der Waals surface area contributed by atoms with Gasteiger partial charge in [0.25, 0.3) is 5.91 Å². The molecule has 1 rings (SSSR count). The molecule has 0 saturated heterocycles.